The number of aliphatic hydroxyl groups is 1. The maximum atomic E-state index is 12.5. The summed E-state index contributed by atoms with van der Waals surface area (Å²) in [4.78, 5) is 15.5. The fraction of sp³-hybridized carbons (Fsp3) is 0.278. The molecule has 3 rings (SSSR count). The fourth-order valence-electron chi connectivity index (χ4n) is 2.39. The number of alkyl halides is 3. The van der Waals surface area contributed by atoms with E-state index in [0.717, 1.165) is 0 Å². The zero-order valence-corrected chi connectivity index (χ0v) is 14.9. The lowest BCUT2D eigenvalue weighted by Gasteiger charge is -2.21. The van der Waals surface area contributed by atoms with E-state index in [1.807, 2.05) is 0 Å². The van der Waals surface area contributed by atoms with E-state index in [1.54, 1.807) is 19.1 Å². The number of rotatable bonds is 5. The molecule has 1 atom stereocenters. The van der Waals surface area contributed by atoms with E-state index in [1.165, 1.54) is 31.2 Å². The molecule has 0 aliphatic heterocycles. The minimum atomic E-state index is -4.73. The normalized spacial score (nSPS) is 13.9. The van der Waals surface area contributed by atoms with Crippen LogP contribution in [0.1, 0.15) is 34.7 Å². The molecule has 0 bridgehead atoms. The Morgan fingerprint density at radius 1 is 1.18 bits per heavy atom. The Morgan fingerprint density at radius 2 is 1.86 bits per heavy atom. The lowest BCUT2D eigenvalue weighted by atomic mass is 10.0. The van der Waals surface area contributed by atoms with Crippen molar-refractivity contribution in [1.29, 1.82) is 0 Å². The van der Waals surface area contributed by atoms with Crippen molar-refractivity contribution in [3.05, 3.63) is 59.4 Å². The summed E-state index contributed by atoms with van der Waals surface area (Å²) in [5.41, 5.74) is -0.897. The van der Waals surface area contributed by atoms with E-state index in [2.05, 4.69) is 20.0 Å². The van der Waals surface area contributed by atoms with Gasteiger partial charge in [0.2, 0.25) is 5.82 Å². The molecular weight excluding hydrogens is 379 g/mol. The van der Waals surface area contributed by atoms with Crippen LogP contribution >= 0.6 is 0 Å². The smallest absolute Gasteiger partial charge is 0.463 e. The monoisotopic (exact) mass is 395 g/mol. The molecule has 1 aromatic carbocycles. The third-order valence-corrected chi connectivity index (χ3v) is 3.94. The third kappa shape index (κ3) is 4.22. The van der Waals surface area contributed by atoms with Gasteiger partial charge in [0, 0.05) is 11.1 Å². The molecule has 0 saturated carbocycles. The van der Waals surface area contributed by atoms with Crippen LogP contribution in [-0.2, 0) is 11.8 Å². The maximum absolute atomic E-state index is 12.5. The quantitative estimate of drug-likeness (QED) is 0.688. The van der Waals surface area contributed by atoms with Gasteiger partial charge < -0.3 is 19.4 Å². The van der Waals surface area contributed by atoms with Gasteiger partial charge in [0.1, 0.15) is 17.1 Å². The third-order valence-electron chi connectivity index (χ3n) is 3.94. The molecule has 148 valence electrons. The van der Waals surface area contributed by atoms with E-state index < -0.39 is 23.6 Å². The predicted molar refractivity (Wildman–Crippen MR) is 90.1 cm³/mol. The summed E-state index contributed by atoms with van der Waals surface area (Å²) < 4.78 is 47.1. The van der Waals surface area contributed by atoms with Gasteiger partial charge in [0.25, 0.3) is 5.91 Å². The molecule has 0 spiro atoms. The fourth-order valence-corrected chi connectivity index (χ4v) is 2.39. The van der Waals surface area contributed by atoms with Crippen molar-refractivity contribution in [1.82, 2.24) is 15.5 Å². The van der Waals surface area contributed by atoms with Crippen molar-refractivity contribution in [2.45, 2.75) is 25.6 Å². The molecule has 1 amide bonds. The summed E-state index contributed by atoms with van der Waals surface area (Å²) >= 11 is 0. The molecule has 1 unspecified atom stereocenters. The number of nitrogens with one attached hydrogen (secondary N) is 1. The van der Waals surface area contributed by atoms with Crippen LogP contribution in [0.2, 0.25) is 0 Å². The molecule has 28 heavy (non-hydrogen) atoms. The average Bonchev–Trinajstić information content (AvgIpc) is 3.29. The zero-order chi connectivity index (χ0) is 20.5. The van der Waals surface area contributed by atoms with Crippen LogP contribution in [0.5, 0.6) is 0 Å². The second-order valence-corrected chi connectivity index (χ2v) is 6.37. The van der Waals surface area contributed by atoms with Crippen molar-refractivity contribution in [3.8, 4) is 11.4 Å². The Labute approximate surface area is 157 Å². The zero-order valence-electron chi connectivity index (χ0n) is 14.9. The van der Waals surface area contributed by atoms with Crippen LogP contribution in [0.4, 0.5) is 13.2 Å². The van der Waals surface area contributed by atoms with Crippen LogP contribution in [0.3, 0.4) is 0 Å². The molecule has 2 heterocycles. The summed E-state index contributed by atoms with van der Waals surface area (Å²) in [6, 6.07) is 8.92. The highest BCUT2D eigenvalue weighted by Gasteiger charge is 2.38. The van der Waals surface area contributed by atoms with E-state index in [4.69, 9.17) is 4.42 Å². The van der Waals surface area contributed by atoms with E-state index in [-0.39, 0.29) is 23.5 Å². The Balaban J connectivity index is 1.66. The van der Waals surface area contributed by atoms with E-state index in [9.17, 15) is 23.1 Å². The van der Waals surface area contributed by atoms with Crippen LogP contribution in [0.15, 0.2) is 45.3 Å². The number of nitrogens with zero attached hydrogens (tertiary/aromatic N) is 2. The van der Waals surface area contributed by atoms with Gasteiger partial charge in [-0.25, -0.2) is 0 Å². The van der Waals surface area contributed by atoms with Gasteiger partial charge in [-0.3, -0.25) is 4.79 Å². The highest BCUT2D eigenvalue weighted by atomic mass is 19.4. The molecule has 0 fully saturated rings. The first-order chi connectivity index (χ1) is 13.1. The van der Waals surface area contributed by atoms with Crippen molar-refractivity contribution in [2.24, 2.45) is 0 Å². The van der Waals surface area contributed by atoms with Crippen LogP contribution in [0.25, 0.3) is 11.4 Å². The molecule has 7 nitrogen and oxygen atoms in total. The summed E-state index contributed by atoms with van der Waals surface area (Å²) in [5.74, 6) is -1.21. The van der Waals surface area contributed by atoms with Gasteiger partial charge in [-0.15, -0.1) is 0 Å². The average molecular weight is 395 g/mol. The molecule has 0 aliphatic carbocycles. The number of benzene rings is 1. The topological polar surface area (TPSA) is 101 Å². The molecule has 0 aliphatic rings. The lowest BCUT2D eigenvalue weighted by Crippen LogP contribution is -2.38. The Morgan fingerprint density at radius 3 is 2.39 bits per heavy atom. The molecule has 3 aromatic rings. The number of furan rings is 1. The molecule has 0 radical (unpaired) electrons. The molecule has 2 N–H and O–H groups in total. The van der Waals surface area contributed by atoms with Crippen molar-refractivity contribution in [3.63, 3.8) is 0 Å². The first-order valence-electron chi connectivity index (χ1n) is 8.15. The van der Waals surface area contributed by atoms with Crippen molar-refractivity contribution >= 4 is 5.91 Å². The number of aryl methyl sites for hydroxylation is 1. The van der Waals surface area contributed by atoms with Gasteiger partial charge in [0.15, 0.2) is 0 Å². The van der Waals surface area contributed by atoms with Crippen LogP contribution in [0, 0.1) is 6.92 Å². The first kappa shape index (κ1) is 19.6. The van der Waals surface area contributed by atoms with Gasteiger partial charge in [-0.1, -0.05) is 17.3 Å². The van der Waals surface area contributed by atoms with E-state index >= 15 is 0 Å². The largest absolute Gasteiger partial charge is 0.471 e. The lowest BCUT2D eigenvalue weighted by molar-refractivity contribution is -0.159. The maximum Gasteiger partial charge on any atom is 0.471 e. The molecular formula is C18H16F3N3O4. The number of hydrogen-bond acceptors (Lipinski definition) is 6. The van der Waals surface area contributed by atoms with Gasteiger partial charge >= 0.3 is 12.1 Å². The number of hydrogen-bond donors (Lipinski definition) is 2. The first-order valence-corrected chi connectivity index (χ1v) is 8.15. The predicted octanol–water partition coefficient (Wildman–Crippen LogP) is 3.29. The summed E-state index contributed by atoms with van der Waals surface area (Å²) in [5, 5.41) is 16.3. The van der Waals surface area contributed by atoms with Crippen molar-refractivity contribution < 1.29 is 32.0 Å². The Hall–Kier alpha value is -3.14. The van der Waals surface area contributed by atoms with Gasteiger partial charge in [-0.2, -0.15) is 18.2 Å². The minimum Gasteiger partial charge on any atom is -0.463 e. The number of aromatic nitrogens is 2. The molecule has 2 aromatic heterocycles. The number of amides is 1. The highest BCUT2D eigenvalue weighted by Crippen LogP contribution is 2.29. The highest BCUT2D eigenvalue weighted by molar-refractivity contribution is 5.94. The Bertz CT molecular complexity index is 975. The van der Waals surface area contributed by atoms with Crippen LogP contribution < -0.4 is 5.32 Å². The summed E-state index contributed by atoms with van der Waals surface area (Å²) in [6.07, 6.45) is -4.73. The van der Waals surface area contributed by atoms with E-state index in [0.29, 0.717) is 11.5 Å². The Kier molecular flexibility index (Phi) is 4.99. The molecule has 10 heteroatoms. The number of carbonyl (C=O) groups excluding carboxylic acids is 1. The molecule has 0 saturated heterocycles. The van der Waals surface area contributed by atoms with Crippen LogP contribution in [-0.4, -0.2) is 27.7 Å². The standard InChI is InChI=1S/C18H16F3N3O4/c1-10-3-8-13(27-10)17(2,26)9-22-15(25)12-6-4-11(5-7-12)14-23-16(28-24-14)18(19,20)21/h3-8,26H,9H2,1-2H3,(H,22,25). The van der Waals surface area contributed by atoms with Gasteiger partial charge in [-0.05, 0) is 38.1 Å². The summed E-state index contributed by atoms with van der Waals surface area (Å²) in [7, 11) is 0. The second kappa shape index (κ2) is 7.12. The van der Waals surface area contributed by atoms with Crippen molar-refractivity contribution in [2.75, 3.05) is 6.54 Å². The SMILES string of the molecule is Cc1ccc(C(C)(O)CNC(=O)c2ccc(-c3noc(C(F)(F)F)n3)cc2)o1. The minimum absolute atomic E-state index is 0.0969. The van der Waals surface area contributed by atoms with Gasteiger partial charge in [0.05, 0.1) is 6.54 Å². The number of halogens is 3. The second-order valence-electron chi connectivity index (χ2n) is 6.37. The number of carbonyl (C=O) groups is 1. The summed E-state index contributed by atoms with van der Waals surface area (Å²) in [6.45, 7) is 3.14.